The number of aryl methyl sites for hydroxylation is 2. The fourth-order valence-corrected chi connectivity index (χ4v) is 2.70. The standard InChI is InChI=1S/C20H25NO4/c1-5-16(17-9-7-6-8-10-17)12-21-19(22)15(4)25-20(23)18-11-13(2)24-14(18)3/h6-11,15-16H,5,12H2,1-4H3,(H,21,22)/t15-,16-/m1/s1. The first kappa shape index (κ1) is 18.8. The minimum absolute atomic E-state index is 0.229. The molecule has 0 spiro atoms. The summed E-state index contributed by atoms with van der Waals surface area (Å²) in [6.07, 6.45) is 0.0433. The summed E-state index contributed by atoms with van der Waals surface area (Å²) < 4.78 is 10.6. The highest BCUT2D eigenvalue weighted by Crippen LogP contribution is 2.18. The number of esters is 1. The zero-order valence-corrected chi connectivity index (χ0v) is 15.2. The van der Waals surface area contributed by atoms with Gasteiger partial charge < -0.3 is 14.5 Å². The van der Waals surface area contributed by atoms with Crippen molar-refractivity contribution in [3.05, 3.63) is 59.0 Å². The van der Waals surface area contributed by atoms with Crippen LogP contribution in [0.4, 0.5) is 0 Å². The summed E-state index contributed by atoms with van der Waals surface area (Å²) in [5, 5.41) is 2.87. The summed E-state index contributed by atoms with van der Waals surface area (Å²) in [5.41, 5.74) is 1.53. The van der Waals surface area contributed by atoms with Crippen LogP contribution < -0.4 is 5.32 Å². The quantitative estimate of drug-likeness (QED) is 0.777. The van der Waals surface area contributed by atoms with Gasteiger partial charge in [0.25, 0.3) is 5.91 Å². The first-order valence-corrected chi connectivity index (χ1v) is 8.53. The van der Waals surface area contributed by atoms with Crippen molar-refractivity contribution in [1.29, 1.82) is 0 Å². The Morgan fingerprint density at radius 1 is 1.20 bits per heavy atom. The van der Waals surface area contributed by atoms with E-state index < -0.39 is 12.1 Å². The van der Waals surface area contributed by atoms with Crippen LogP contribution in [0, 0.1) is 13.8 Å². The van der Waals surface area contributed by atoms with E-state index in [4.69, 9.17) is 9.15 Å². The maximum absolute atomic E-state index is 12.2. The van der Waals surface area contributed by atoms with Gasteiger partial charge in [-0.1, -0.05) is 37.3 Å². The van der Waals surface area contributed by atoms with Crippen LogP contribution in [0.15, 0.2) is 40.8 Å². The lowest BCUT2D eigenvalue weighted by Crippen LogP contribution is -2.38. The van der Waals surface area contributed by atoms with Gasteiger partial charge in [0.1, 0.15) is 17.1 Å². The molecule has 0 radical (unpaired) electrons. The monoisotopic (exact) mass is 343 g/mol. The molecule has 5 heteroatoms. The average Bonchev–Trinajstić information content (AvgIpc) is 2.94. The summed E-state index contributed by atoms with van der Waals surface area (Å²) >= 11 is 0. The molecule has 1 aromatic heterocycles. The van der Waals surface area contributed by atoms with Gasteiger partial charge in [-0.3, -0.25) is 4.79 Å². The zero-order valence-electron chi connectivity index (χ0n) is 15.2. The molecule has 1 amide bonds. The van der Waals surface area contributed by atoms with Gasteiger partial charge in [0, 0.05) is 12.5 Å². The minimum atomic E-state index is -0.865. The molecule has 0 aliphatic rings. The molecule has 2 aromatic rings. The number of carbonyl (C=O) groups excluding carboxylic acids is 2. The summed E-state index contributed by atoms with van der Waals surface area (Å²) in [5.74, 6) is 0.500. The van der Waals surface area contributed by atoms with E-state index in [0.717, 1.165) is 6.42 Å². The van der Waals surface area contributed by atoms with E-state index in [1.54, 1.807) is 26.8 Å². The van der Waals surface area contributed by atoms with Crippen molar-refractivity contribution in [3.63, 3.8) is 0 Å². The molecular weight excluding hydrogens is 318 g/mol. The molecule has 1 heterocycles. The van der Waals surface area contributed by atoms with E-state index in [9.17, 15) is 9.59 Å². The summed E-state index contributed by atoms with van der Waals surface area (Å²) in [7, 11) is 0. The second kappa shape index (κ2) is 8.51. The maximum atomic E-state index is 12.2. The van der Waals surface area contributed by atoms with Gasteiger partial charge in [0.05, 0.1) is 0 Å². The molecule has 0 saturated carbocycles. The van der Waals surface area contributed by atoms with Crippen molar-refractivity contribution in [1.82, 2.24) is 5.32 Å². The number of hydrogen-bond acceptors (Lipinski definition) is 4. The third kappa shape index (κ3) is 4.95. The molecule has 0 aliphatic carbocycles. The summed E-state index contributed by atoms with van der Waals surface area (Å²) in [4.78, 5) is 24.4. The van der Waals surface area contributed by atoms with Crippen LogP contribution in [0.3, 0.4) is 0 Å². The van der Waals surface area contributed by atoms with E-state index in [2.05, 4.69) is 12.2 Å². The minimum Gasteiger partial charge on any atom is -0.466 e. The zero-order chi connectivity index (χ0) is 18.4. The average molecular weight is 343 g/mol. The van der Waals surface area contributed by atoms with Gasteiger partial charge in [-0.2, -0.15) is 0 Å². The second-order valence-corrected chi connectivity index (χ2v) is 6.14. The molecule has 0 saturated heterocycles. The fourth-order valence-electron chi connectivity index (χ4n) is 2.70. The molecule has 2 rings (SSSR count). The van der Waals surface area contributed by atoms with Crippen molar-refractivity contribution in [2.24, 2.45) is 0 Å². The number of carbonyl (C=O) groups is 2. The molecule has 25 heavy (non-hydrogen) atoms. The highest BCUT2D eigenvalue weighted by molar-refractivity contribution is 5.93. The topological polar surface area (TPSA) is 68.5 Å². The molecular formula is C20H25NO4. The summed E-state index contributed by atoms with van der Waals surface area (Å²) in [6, 6.07) is 11.7. The molecule has 0 aliphatic heterocycles. The number of ether oxygens (including phenoxy) is 1. The molecule has 1 N–H and O–H groups in total. The maximum Gasteiger partial charge on any atom is 0.342 e. The number of furan rings is 1. The van der Waals surface area contributed by atoms with Crippen LogP contribution in [-0.4, -0.2) is 24.5 Å². The first-order valence-electron chi connectivity index (χ1n) is 8.53. The van der Waals surface area contributed by atoms with Crippen molar-refractivity contribution >= 4 is 11.9 Å². The Hall–Kier alpha value is -2.56. The number of rotatable bonds is 7. The number of amides is 1. The lowest BCUT2D eigenvalue weighted by atomic mass is 9.96. The largest absolute Gasteiger partial charge is 0.466 e. The molecule has 1 aromatic carbocycles. The van der Waals surface area contributed by atoms with Crippen LogP contribution in [-0.2, 0) is 9.53 Å². The van der Waals surface area contributed by atoms with E-state index in [-0.39, 0.29) is 11.8 Å². The van der Waals surface area contributed by atoms with Crippen molar-refractivity contribution in [2.45, 2.75) is 46.1 Å². The van der Waals surface area contributed by atoms with Crippen LogP contribution in [0.1, 0.15) is 53.6 Å². The SMILES string of the molecule is CC[C@H](CNC(=O)[C@@H](C)OC(=O)c1cc(C)oc1C)c1ccccc1. The number of benzene rings is 1. The van der Waals surface area contributed by atoms with Gasteiger partial charge in [-0.05, 0) is 38.8 Å². The Kier molecular flexibility index (Phi) is 6.39. The van der Waals surface area contributed by atoms with Crippen LogP contribution in [0.5, 0.6) is 0 Å². The van der Waals surface area contributed by atoms with Gasteiger partial charge in [-0.15, -0.1) is 0 Å². The van der Waals surface area contributed by atoms with Gasteiger partial charge in [0.15, 0.2) is 6.10 Å². The van der Waals surface area contributed by atoms with Crippen molar-refractivity contribution in [2.75, 3.05) is 6.54 Å². The fraction of sp³-hybridized carbons (Fsp3) is 0.400. The lowest BCUT2D eigenvalue weighted by Gasteiger charge is -2.18. The number of hydrogen-bond donors (Lipinski definition) is 1. The van der Waals surface area contributed by atoms with Gasteiger partial charge >= 0.3 is 5.97 Å². The molecule has 0 fully saturated rings. The van der Waals surface area contributed by atoms with E-state index >= 15 is 0 Å². The van der Waals surface area contributed by atoms with E-state index in [1.807, 2.05) is 30.3 Å². The Morgan fingerprint density at radius 2 is 1.88 bits per heavy atom. The van der Waals surface area contributed by atoms with Crippen LogP contribution in [0.25, 0.3) is 0 Å². The highest BCUT2D eigenvalue weighted by atomic mass is 16.5. The Bertz CT molecular complexity index is 721. The molecule has 2 atom stereocenters. The highest BCUT2D eigenvalue weighted by Gasteiger charge is 2.22. The van der Waals surface area contributed by atoms with Gasteiger partial charge in [-0.25, -0.2) is 4.79 Å². The van der Waals surface area contributed by atoms with E-state index in [1.165, 1.54) is 5.56 Å². The predicted octanol–water partition coefficient (Wildman–Crippen LogP) is 3.75. The van der Waals surface area contributed by atoms with E-state index in [0.29, 0.717) is 23.6 Å². The van der Waals surface area contributed by atoms with Crippen molar-refractivity contribution in [3.8, 4) is 0 Å². The van der Waals surface area contributed by atoms with Crippen LogP contribution >= 0.6 is 0 Å². The Morgan fingerprint density at radius 3 is 2.44 bits per heavy atom. The number of nitrogens with one attached hydrogen (secondary N) is 1. The first-order chi connectivity index (χ1) is 11.9. The molecule has 0 bridgehead atoms. The van der Waals surface area contributed by atoms with Gasteiger partial charge in [0.2, 0.25) is 0 Å². The molecule has 0 unspecified atom stereocenters. The third-order valence-corrected chi connectivity index (χ3v) is 4.20. The normalized spacial score (nSPS) is 13.1. The second-order valence-electron chi connectivity index (χ2n) is 6.14. The van der Waals surface area contributed by atoms with Crippen LogP contribution in [0.2, 0.25) is 0 Å². The molecule has 134 valence electrons. The Balaban J connectivity index is 1.89. The smallest absolute Gasteiger partial charge is 0.342 e. The third-order valence-electron chi connectivity index (χ3n) is 4.20. The summed E-state index contributed by atoms with van der Waals surface area (Å²) in [6.45, 7) is 7.61. The van der Waals surface area contributed by atoms with Crippen molar-refractivity contribution < 1.29 is 18.7 Å². The molecule has 5 nitrogen and oxygen atoms in total. The lowest BCUT2D eigenvalue weighted by molar-refractivity contribution is -0.129. The Labute approximate surface area is 148 Å². The predicted molar refractivity (Wildman–Crippen MR) is 95.5 cm³/mol.